The number of ether oxygens (including phenoxy) is 1. The summed E-state index contributed by atoms with van der Waals surface area (Å²) in [6.07, 6.45) is 1.88. The van der Waals surface area contributed by atoms with Crippen molar-refractivity contribution >= 4 is 10.0 Å². The zero-order valence-electron chi connectivity index (χ0n) is 12.3. The molecule has 0 radical (unpaired) electrons. The molecule has 0 spiro atoms. The Kier molecular flexibility index (Phi) is 7.15. The van der Waals surface area contributed by atoms with Crippen LogP contribution < -0.4 is 10.0 Å². The van der Waals surface area contributed by atoms with Crippen LogP contribution in [-0.2, 0) is 21.2 Å². The van der Waals surface area contributed by atoms with E-state index < -0.39 is 10.0 Å². The third-order valence-electron chi connectivity index (χ3n) is 3.04. The van der Waals surface area contributed by atoms with Gasteiger partial charge in [0.05, 0.1) is 11.5 Å². The second kappa shape index (κ2) is 8.36. The Morgan fingerprint density at radius 2 is 1.90 bits per heavy atom. The zero-order valence-corrected chi connectivity index (χ0v) is 13.2. The van der Waals surface area contributed by atoms with E-state index in [9.17, 15) is 8.42 Å². The van der Waals surface area contributed by atoms with E-state index in [-0.39, 0.29) is 10.9 Å². The fraction of sp³-hybridized carbons (Fsp3) is 0.571. The van der Waals surface area contributed by atoms with Gasteiger partial charge in [0, 0.05) is 13.2 Å². The Morgan fingerprint density at radius 1 is 1.25 bits per heavy atom. The van der Waals surface area contributed by atoms with Crippen LogP contribution in [0.15, 0.2) is 29.2 Å². The van der Waals surface area contributed by atoms with Gasteiger partial charge in [-0.15, -0.1) is 0 Å². The molecule has 0 saturated heterocycles. The quantitative estimate of drug-likeness (QED) is 0.718. The van der Waals surface area contributed by atoms with Gasteiger partial charge in [0.1, 0.15) is 0 Å². The highest BCUT2D eigenvalue weighted by molar-refractivity contribution is 7.89. The molecule has 0 saturated carbocycles. The van der Waals surface area contributed by atoms with Crippen molar-refractivity contribution in [1.82, 2.24) is 10.0 Å². The van der Waals surface area contributed by atoms with Gasteiger partial charge in [0.25, 0.3) is 0 Å². The molecule has 0 bridgehead atoms. The highest BCUT2D eigenvalue weighted by atomic mass is 32.2. The summed E-state index contributed by atoms with van der Waals surface area (Å²) >= 11 is 0. The molecule has 114 valence electrons. The van der Waals surface area contributed by atoms with Gasteiger partial charge in [-0.1, -0.05) is 19.1 Å². The molecule has 1 rings (SSSR count). The van der Waals surface area contributed by atoms with Gasteiger partial charge < -0.3 is 10.1 Å². The first kappa shape index (κ1) is 17.1. The van der Waals surface area contributed by atoms with Crippen molar-refractivity contribution in [3.63, 3.8) is 0 Å². The van der Waals surface area contributed by atoms with Crippen LogP contribution in [0.5, 0.6) is 0 Å². The van der Waals surface area contributed by atoms with Crippen molar-refractivity contribution in [3.8, 4) is 0 Å². The topological polar surface area (TPSA) is 67.4 Å². The Morgan fingerprint density at radius 3 is 2.40 bits per heavy atom. The number of hydrogen-bond acceptors (Lipinski definition) is 4. The van der Waals surface area contributed by atoms with Crippen LogP contribution in [-0.4, -0.2) is 41.8 Å². The fourth-order valence-corrected chi connectivity index (χ4v) is 2.68. The number of benzene rings is 1. The van der Waals surface area contributed by atoms with Gasteiger partial charge in [-0.25, -0.2) is 13.1 Å². The lowest BCUT2D eigenvalue weighted by Crippen LogP contribution is -2.35. The van der Waals surface area contributed by atoms with Crippen LogP contribution in [0.4, 0.5) is 0 Å². The van der Waals surface area contributed by atoms with E-state index in [2.05, 4.69) is 17.0 Å². The van der Waals surface area contributed by atoms with E-state index in [0.29, 0.717) is 6.61 Å². The molecular weight excluding hydrogens is 276 g/mol. The summed E-state index contributed by atoms with van der Waals surface area (Å²) in [5.41, 5.74) is 1.09. The molecule has 0 amide bonds. The minimum Gasteiger partial charge on any atom is -0.383 e. The van der Waals surface area contributed by atoms with E-state index in [0.717, 1.165) is 24.9 Å². The molecule has 1 aromatic carbocycles. The summed E-state index contributed by atoms with van der Waals surface area (Å²) in [5, 5.41) is 3.42. The zero-order chi connectivity index (χ0) is 15.0. The van der Waals surface area contributed by atoms with Crippen molar-refractivity contribution in [2.24, 2.45) is 0 Å². The molecule has 2 N–H and O–H groups in total. The molecule has 0 aliphatic heterocycles. The van der Waals surface area contributed by atoms with E-state index >= 15 is 0 Å². The second-order valence-corrected chi connectivity index (χ2v) is 6.55. The molecule has 0 aromatic heterocycles. The van der Waals surface area contributed by atoms with Crippen LogP contribution in [0, 0.1) is 0 Å². The first-order valence-corrected chi connectivity index (χ1v) is 8.26. The normalized spacial score (nSPS) is 13.3. The summed E-state index contributed by atoms with van der Waals surface area (Å²) in [4.78, 5) is 0.286. The molecule has 6 heteroatoms. The van der Waals surface area contributed by atoms with Gasteiger partial charge in [0.15, 0.2) is 0 Å². The number of sulfonamides is 1. The van der Waals surface area contributed by atoms with Crippen molar-refractivity contribution in [1.29, 1.82) is 0 Å². The standard InChI is InChI=1S/C14H24N2O3S/c1-4-9-16-13(11-19-3)10-12-5-7-14(8-6-12)20(17,18)15-2/h5-8,13,15-16H,4,9-11H2,1-3H3. The van der Waals surface area contributed by atoms with E-state index in [1.165, 1.54) is 7.05 Å². The number of nitrogens with one attached hydrogen (secondary N) is 2. The van der Waals surface area contributed by atoms with Gasteiger partial charge in [-0.2, -0.15) is 0 Å². The maximum absolute atomic E-state index is 11.6. The van der Waals surface area contributed by atoms with Gasteiger partial charge >= 0.3 is 0 Å². The number of methoxy groups -OCH3 is 1. The first-order chi connectivity index (χ1) is 9.53. The summed E-state index contributed by atoms with van der Waals surface area (Å²) in [6, 6.07) is 7.20. The molecule has 0 aliphatic carbocycles. The molecule has 1 atom stereocenters. The average Bonchev–Trinajstić information content (AvgIpc) is 2.45. The average molecular weight is 300 g/mol. The Hall–Kier alpha value is -0.950. The largest absolute Gasteiger partial charge is 0.383 e. The molecule has 1 unspecified atom stereocenters. The Bertz CT molecular complexity index is 486. The van der Waals surface area contributed by atoms with Gasteiger partial charge in [0.2, 0.25) is 10.0 Å². The summed E-state index contributed by atoms with van der Waals surface area (Å²) in [7, 11) is -0.265. The molecule has 0 fully saturated rings. The predicted octanol–water partition coefficient (Wildman–Crippen LogP) is 1.15. The maximum Gasteiger partial charge on any atom is 0.240 e. The molecule has 20 heavy (non-hydrogen) atoms. The Labute approximate surface area is 121 Å². The summed E-state index contributed by atoms with van der Waals surface area (Å²) in [6.45, 7) is 3.70. The summed E-state index contributed by atoms with van der Waals surface area (Å²) in [5.74, 6) is 0. The highest BCUT2D eigenvalue weighted by Gasteiger charge is 2.12. The minimum atomic E-state index is -3.36. The summed E-state index contributed by atoms with van der Waals surface area (Å²) < 4.78 is 30.8. The van der Waals surface area contributed by atoms with Crippen LogP contribution in [0.1, 0.15) is 18.9 Å². The van der Waals surface area contributed by atoms with Gasteiger partial charge in [-0.05, 0) is 44.1 Å². The van der Waals surface area contributed by atoms with Crippen LogP contribution in [0.25, 0.3) is 0 Å². The smallest absolute Gasteiger partial charge is 0.240 e. The lowest BCUT2D eigenvalue weighted by molar-refractivity contribution is 0.166. The predicted molar refractivity (Wildman–Crippen MR) is 80.3 cm³/mol. The third-order valence-corrected chi connectivity index (χ3v) is 4.47. The lowest BCUT2D eigenvalue weighted by atomic mass is 10.1. The monoisotopic (exact) mass is 300 g/mol. The van der Waals surface area contributed by atoms with Crippen molar-refractivity contribution in [2.45, 2.75) is 30.7 Å². The first-order valence-electron chi connectivity index (χ1n) is 6.78. The van der Waals surface area contributed by atoms with Crippen molar-refractivity contribution in [3.05, 3.63) is 29.8 Å². The molecule has 1 aromatic rings. The molecule has 0 aliphatic rings. The van der Waals surface area contributed by atoms with Gasteiger partial charge in [-0.3, -0.25) is 0 Å². The van der Waals surface area contributed by atoms with Crippen molar-refractivity contribution < 1.29 is 13.2 Å². The van der Waals surface area contributed by atoms with E-state index in [1.54, 1.807) is 19.2 Å². The molecule has 5 nitrogen and oxygen atoms in total. The minimum absolute atomic E-state index is 0.242. The molecular formula is C14H24N2O3S. The number of rotatable bonds is 9. The van der Waals surface area contributed by atoms with Crippen LogP contribution >= 0.6 is 0 Å². The second-order valence-electron chi connectivity index (χ2n) is 4.66. The Balaban J connectivity index is 2.72. The third kappa shape index (κ3) is 5.20. The van der Waals surface area contributed by atoms with Crippen LogP contribution in [0.2, 0.25) is 0 Å². The fourth-order valence-electron chi connectivity index (χ4n) is 1.95. The van der Waals surface area contributed by atoms with Crippen LogP contribution in [0.3, 0.4) is 0 Å². The molecule has 0 heterocycles. The lowest BCUT2D eigenvalue weighted by Gasteiger charge is -2.17. The SMILES string of the molecule is CCCNC(COC)Cc1ccc(S(=O)(=O)NC)cc1. The number of hydrogen-bond donors (Lipinski definition) is 2. The maximum atomic E-state index is 11.6. The van der Waals surface area contributed by atoms with Crippen molar-refractivity contribution in [2.75, 3.05) is 27.3 Å². The highest BCUT2D eigenvalue weighted by Crippen LogP contribution is 2.11. The van der Waals surface area contributed by atoms with E-state index in [4.69, 9.17) is 4.74 Å². The van der Waals surface area contributed by atoms with E-state index in [1.807, 2.05) is 12.1 Å².